The summed E-state index contributed by atoms with van der Waals surface area (Å²) >= 11 is 0. The zero-order valence-electron chi connectivity index (χ0n) is 21.9. The van der Waals surface area contributed by atoms with Gasteiger partial charge in [-0.2, -0.15) is 0 Å². The molecule has 0 aromatic heterocycles. The van der Waals surface area contributed by atoms with Crippen LogP contribution in [0.15, 0.2) is 121 Å². The first-order valence-corrected chi connectivity index (χ1v) is 12.7. The predicted octanol–water partition coefficient (Wildman–Crippen LogP) is 6.00. The molecule has 0 aliphatic rings. The molecule has 5 aromatic carbocycles. The van der Waals surface area contributed by atoms with E-state index in [1.807, 2.05) is 0 Å². The highest BCUT2D eigenvalue weighted by Crippen LogP contribution is 2.28. The average molecular weight is 559 g/mol. The van der Waals surface area contributed by atoms with Gasteiger partial charge in [-0.25, -0.2) is 9.59 Å². The fourth-order valence-corrected chi connectivity index (χ4v) is 4.13. The molecule has 0 radical (unpaired) electrons. The van der Waals surface area contributed by atoms with E-state index in [1.165, 1.54) is 48.5 Å². The molecule has 8 nitrogen and oxygen atoms in total. The Hall–Kier alpha value is -6.02. The Bertz CT molecular complexity index is 1680. The van der Waals surface area contributed by atoms with Crippen molar-refractivity contribution in [3.05, 3.63) is 155 Å². The summed E-state index contributed by atoms with van der Waals surface area (Å²) in [4.78, 5) is 50.8. The summed E-state index contributed by atoms with van der Waals surface area (Å²) in [6, 6.07) is 30.2. The zero-order valence-corrected chi connectivity index (χ0v) is 21.9. The average Bonchev–Trinajstić information content (AvgIpc) is 3.01. The van der Waals surface area contributed by atoms with Crippen LogP contribution >= 0.6 is 0 Å². The lowest BCUT2D eigenvalue weighted by Crippen LogP contribution is -2.13. The number of carbonyl (C=O) groups is 4. The highest BCUT2D eigenvalue weighted by atomic mass is 16.5. The Balaban J connectivity index is 1.26. The van der Waals surface area contributed by atoms with E-state index >= 15 is 0 Å². The van der Waals surface area contributed by atoms with Crippen LogP contribution in [0.4, 0.5) is 0 Å². The Morgan fingerprint density at radius 1 is 0.429 bits per heavy atom. The molecule has 0 saturated carbocycles. The molecule has 0 aliphatic heterocycles. The van der Waals surface area contributed by atoms with Crippen LogP contribution in [0.25, 0.3) is 0 Å². The Morgan fingerprint density at radius 2 is 0.810 bits per heavy atom. The second kappa shape index (κ2) is 12.0. The first-order chi connectivity index (χ1) is 20.3. The van der Waals surface area contributed by atoms with Gasteiger partial charge in [0.1, 0.15) is 23.0 Å². The summed E-state index contributed by atoms with van der Waals surface area (Å²) in [5.41, 5.74) is 0.949. The molecule has 42 heavy (non-hydrogen) atoms. The van der Waals surface area contributed by atoms with Crippen LogP contribution in [0, 0.1) is 0 Å². The van der Waals surface area contributed by atoms with Crippen molar-refractivity contribution in [3.63, 3.8) is 0 Å². The predicted molar refractivity (Wildman–Crippen MR) is 152 cm³/mol. The Labute approximate surface area is 240 Å². The molecule has 0 atom stereocenters. The van der Waals surface area contributed by atoms with Crippen LogP contribution in [0.5, 0.6) is 23.0 Å². The van der Waals surface area contributed by atoms with Gasteiger partial charge in [0, 0.05) is 23.3 Å². The number of hydrogen-bond donors (Lipinski definition) is 2. The number of aromatic hydroxyl groups is 2. The van der Waals surface area contributed by atoms with Gasteiger partial charge in [-0.05, 0) is 42.5 Å². The van der Waals surface area contributed by atoms with E-state index in [0.717, 1.165) is 12.1 Å². The van der Waals surface area contributed by atoms with Crippen molar-refractivity contribution in [2.24, 2.45) is 0 Å². The minimum atomic E-state index is -0.812. The van der Waals surface area contributed by atoms with Crippen molar-refractivity contribution < 1.29 is 38.9 Å². The number of ether oxygens (including phenoxy) is 2. The second-order valence-corrected chi connectivity index (χ2v) is 9.11. The molecule has 8 heteroatoms. The minimum Gasteiger partial charge on any atom is -0.507 e. The maximum absolute atomic E-state index is 12.8. The lowest BCUT2D eigenvalue weighted by atomic mass is 10.0. The SMILES string of the molecule is O=C(Oc1ccc(C(=O)c2ccccc2)c(O)c1)c1cccc(C(=O)Oc2ccc(C(=O)c3ccccc3)c(O)c2)c1. The number of hydrogen-bond acceptors (Lipinski definition) is 8. The van der Waals surface area contributed by atoms with E-state index < -0.39 is 11.9 Å². The van der Waals surface area contributed by atoms with Crippen molar-refractivity contribution in [2.45, 2.75) is 0 Å². The fourth-order valence-electron chi connectivity index (χ4n) is 4.13. The van der Waals surface area contributed by atoms with Gasteiger partial charge in [0.05, 0.1) is 22.3 Å². The topological polar surface area (TPSA) is 127 Å². The third-order valence-corrected chi connectivity index (χ3v) is 6.25. The monoisotopic (exact) mass is 558 g/mol. The summed E-state index contributed by atoms with van der Waals surface area (Å²) in [5.74, 6) is -3.12. The van der Waals surface area contributed by atoms with Gasteiger partial charge < -0.3 is 19.7 Å². The van der Waals surface area contributed by atoms with Crippen molar-refractivity contribution in [2.75, 3.05) is 0 Å². The molecule has 5 aromatic rings. The van der Waals surface area contributed by atoms with E-state index in [0.29, 0.717) is 11.1 Å². The van der Waals surface area contributed by atoms with Crippen molar-refractivity contribution in [1.29, 1.82) is 0 Å². The molecule has 0 bridgehead atoms. The maximum atomic E-state index is 12.8. The largest absolute Gasteiger partial charge is 0.507 e. The minimum absolute atomic E-state index is 0.00398. The summed E-state index contributed by atoms with van der Waals surface area (Å²) in [6.45, 7) is 0. The highest BCUT2D eigenvalue weighted by molar-refractivity contribution is 6.11. The number of rotatable bonds is 8. The van der Waals surface area contributed by atoms with Gasteiger partial charge in [-0.15, -0.1) is 0 Å². The van der Waals surface area contributed by atoms with Crippen LogP contribution in [-0.4, -0.2) is 33.7 Å². The van der Waals surface area contributed by atoms with E-state index in [9.17, 15) is 29.4 Å². The molecule has 0 unspecified atom stereocenters. The molecule has 0 saturated heterocycles. The number of benzene rings is 5. The molecule has 5 rings (SSSR count). The number of esters is 2. The van der Waals surface area contributed by atoms with Crippen LogP contribution in [-0.2, 0) is 0 Å². The molecule has 0 spiro atoms. The third-order valence-electron chi connectivity index (χ3n) is 6.25. The van der Waals surface area contributed by atoms with Crippen LogP contribution in [0.2, 0.25) is 0 Å². The van der Waals surface area contributed by atoms with Gasteiger partial charge in [0.2, 0.25) is 0 Å². The summed E-state index contributed by atoms with van der Waals surface area (Å²) in [6.07, 6.45) is 0. The lowest BCUT2D eigenvalue weighted by molar-refractivity contribution is 0.0734. The van der Waals surface area contributed by atoms with Crippen LogP contribution < -0.4 is 9.47 Å². The smallest absolute Gasteiger partial charge is 0.343 e. The van der Waals surface area contributed by atoms with Crippen LogP contribution in [0.3, 0.4) is 0 Å². The van der Waals surface area contributed by atoms with Gasteiger partial charge >= 0.3 is 11.9 Å². The standard InChI is InChI=1S/C34H22O8/c35-29-19-25(14-16-27(29)31(37)21-8-3-1-4-9-21)41-33(39)23-12-7-13-24(18-23)34(40)42-26-15-17-28(30(36)20-26)32(38)22-10-5-2-6-11-22/h1-20,35-36H. The molecule has 0 aliphatic carbocycles. The van der Waals surface area contributed by atoms with E-state index in [1.54, 1.807) is 60.7 Å². The number of phenolic OH excluding ortho intramolecular Hbond substituents is 2. The molecule has 0 heterocycles. The summed E-state index contributed by atoms with van der Waals surface area (Å²) < 4.78 is 10.7. The second-order valence-electron chi connectivity index (χ2n) is 9.11. The summed E-state index contributed by atoms with van der Waals surface area (Å²) in [5, 5.41) is 20.8. The summed E-state index contributed by atoms with van der Waals surface area (Å²) in [7, 11) is 0. The lowest BCUT2D eigenvalue weighted by Gasteiger charge is -2.10. The molecule has 206 valence electrons. The Morgan fingerprint density at radius 3 is 1.19 bits per heavy atom. The van der Waals surface area contributed by atoms with Crippen molar-refractivity contribution in [1.82, 2.24) is 0 Å². The quantitative estimate of drug-likeness (QED) is 0.135. The zero-order chi connectivity index (χ0) is 29.6. The first kappa shape index (κ1) is 27.5. The molecular formula is C34H22O8. The Kier molecular flexibility index (Phi) is 7.88. The van der Waals surface area contributed by atoms with Gasteiger partial charge in [0.15, 0.2) is 11.6 Å². The fraction of sp³-hybridized carbons (Fsp3) is 0. The van der Waals surface area contributed by atoms with Crippen molar-refractivity contribution >= 4 is 23.5 Å². The van der Waals surface area contributed by atoms with Gasteiger partial charge in [-0.3, -0.25) is 9.59 Å². The number of ketones is 2. The number of phenols is 2. The van der Waals surface area contributed by atoms with E-state index in [-0.39, 0.29) is 56.8 Å². The van der Waals surface area contributed by atoms with Gasteiger partial charge in [0.25, 0.3) is 0 Å². The molecular weight excluding hydrogens is 536 g/mol. The maximum Gasteiger partial charge on any atom is 0.343 e. The third kappa shape index (κ3) is 6.08. The van der Waals surface area contributed by atoms with Crippen molar-refractivity contribution in [3.8, 4) is 23.0 Å². The van der Waals surface area contributed by atoms with Gasteiger partial charge in [-0.1, -0.05) is 66.7 Å². The highest BCUT2D eigenvalue weighted by Gasteiger charge is 2.19. The first-order valence-electron chi connectivity index (χ1n) is 12.7. The molecule has 0 amide bonds. The molecule has 0 fully saturated rings. The van der Waals surface area contributed by atoms with Crippen LogP contribution in [0.1, 0.15) is 52.6 Å². The van der Waals surface area contributed by atoms with E-state index in [2.05, 4.69) is 0 Å². The normalized spacial score (nSPS) is 10.5. The van der Waals surface area contributed by atoms with E-state index in [4.69, 9.17) is 9.47 Å². The molecule has 2 N–H and O–H groups in total. The number of carbonyl (C=O) groups excluding carboxylic acids is 4.